The van der Waals surface area contributed by atoms with Gasteiger partial charge >= 0.3 is 0 Å². The minimum Gasteiger partial charge on any atom is -0.373 e. The molecule has 0 aromatic heterocycles. The van der Waals surface area contributed by atoms with Crippen LogP contribution in [0.5, 0.6) is 0 Å². The summed E-state index contributed by atoms with van der Waals surface area (Å²) in [4.78, 5) is 0. The van der Waals surface area contributed by atoms with Crippen molar-refractivity contribution in [2.24, 2.45) is 0 Å². The maximum absolute atomic E-state index is 5.68. The predicted octanol–water partition coefficient (Wildman–Crippen LogP) is 5.06. The van der Waals surface area contributed by atoms with E-state index in [4.69, 9.17) is 32.7 Å². The molecule has 1 rings (SSSR count). The summed E-state index contributed by atoms with van der Waals surface area (Å²) in [5.74, 6) is 0. The zero-order chi connectivity index (χ0) is 13.2. The molecule has 2 atom stereocenters. The van der Waals surface area contributed by atoms with Crippen LogP contribution < -0.4 is 0 Å². The van der Waals surface area contributed by atoms with Crippen LogP contribution in [0.15, 0.2) is 0 Å². The molecule has 1 aliphatic heterocycles. The second kappa shape index (κ2) is 10.3. The van der Waals surface area contributed by atoms with Gasteiger partial charge in [-0.25, -0.2) is 0 Å². The van der Waals surface area contributed by atoms with Crippen LogP contribution in [0.1, 0.15) is 64.7 Å². The Labute approximate surface area is 121 Å². The topological polar surface area (TPSA) is 21.8 Å². The molecule has 0 saturated carbocycles. The largest absolute Gasteiger partial charge is 0.373 e. The van der Waals surface area contributed by atoms with Gasteiger partial charge in [0.05, 0.1) is 18.8 Å². The molecule has 1 fully saturated rings. The molecule has 0 amide bonds. The maximum Gasteiger partial charge on any atom is 0.206 e. The predicted molar refractivity (Wildman–Crippen MR) is 77.3 cm³/mol. The van der Waals surface area contributed by atoms with E-state index in [1.165, 1.54) is 44.9 Å². The normalized spacial score (nSPS) is 20.3. The van der Waals surface area contributed by atoms with Gasteiger partial charge in [-0.1, -0.05) is 75.1 Å². The molecule has 0 bridgehead atoms. The number of hydrogen-bond acceptors (Lipinski definition) is 2. The monoisotopic (exact) mass is 296 g/mol. The van der Waals surface area contributed by atoms with E-state index in [1.54, 1.807) is 0 Å². The summed E-state index contributed by atoms with van der Waals surface area (Å²) >= 11 is 11.4. The van der Waals surface area contributed by atoms with Gasteiger partial charge in [0.25, 0.3) is 0 Å². The van der Waals surface area contributed by atoms with Gasteiger partial charge in [0.1, 0.15) is 0 Å². The van der Waals surface area contributed by atoms with Gasteiger partial charge in [-0.2, -0.15) is 0 Å². The van der Waals surface area contributed by atoms with E-state index in [2.05, 4.69) is 6.92 Å². The first-order valence-electron chi connectivity index (χ1n) is 7.27. The Morgan fingerprint density at radius 3 is 2.28 bits per heavy atom. The van der Waals surface area contributed by atoms with E-state index in [0.717, 1.165) is 19.4 Å². The van der Waals surface area contributed by atoms with E-state index >= 15 is 0 Å². The summed E-state index contributed by atoms with van der Waals surface area (Å²) in [6, 6.07) is 0. The van der Waals surface area contributed by atoms with Gasteiger partial charge in [-0.3, -0.25) is 0 Å². The molecule has 0 spiro atoms. The average Bonchev–Trinajstić information content (AvgIpc) is 3.11. The van der Waals surface area contributed by atoms with Crippen molar-refractivity contribution in [3.8, 4) is 0 Å². The SMILES string of the molecule is CCCCCCCCCC(CC1CO1)OC(Cl)Cl. The van der Waals surface area contributed by atoms with Crippen molar-refractivity contribution in [1.82, 2.24) is 0 Å². The number of hydrogen-bond donors (Lipinski definition) is 0. The number of rotatable bonds is 12. The Balaban J connectivity index is 1.98. The molecule has 0 aliphatic carbocycles. The summed E-state index contributed by atoms with van der Waals surface area (Å²) in [6.07, 6.45) is 11.7. The first kappa shape index (κ1) is 16.6. The molecule has 108 valence electrons. The number of unbranched alkanes of at least 4 members (excludes halogenated alkanes) is 6. The molecule has 1 heterocycles. The average molecular weight is 297 g/mol. The second-order valence-corrected chi connectivity index (χ2v) is 6.14. The van der Waals surface area contributed by atoms with Crippen LogP contribution in [0, 0.1) is 0 Å². The summed E-state index contributed by atoms with van der Waals surface area (Å²) < 4.78 is 10.7. The maximum atomic E-state index is 5.68. The van der Waals surface area contributed by atoms with Crippen molar-refractivity contribution in [3.05, 3.63) is 0 Å². The van der Waals surface area contributed by atoms with Crippen molar-refractivity contribution >= 4 is 23.2 Å². The third-order valence-electron chi connectivity index (χ3n) is 3.35. The highest BCUT2D eigenvalue weighted by atomic mass is 35.5. The molecule has 2 unspecified atom stereocenters. The van der Waals surface area contributed by atoms with Crippen molar-refractivity contribution in [2.75, 3.05) is 6.61 Å². The number of epoxide rings is 1. The quantitative estimate of drug-likeness (QED) is 0.285. The highest BCUT2D eigenvalue weighted by Gasteiger charge is 2.27. The fraction of sp³-hybridized carbons (Fsp3) is 1.00. The lowest BCUT2D eigenvalue weighted by atomic mass is 10.0. The minimum absolute atomic E-state index is 0.160. The molecule has 1 aliphatic rings. The Morgan fingerprint density at radius 1 is 1.11 bits per heavy atom. The van der Waals surface area contributed by atoms with Gasteiger partial charge in [0.15, 0.2) is 0 Å². The highest BCUT2D eigenvalue weighted by molar-refractivity contribution is 6.43. The third kappa shape index (κ3) is 9.43. The highest BCUT2D eigenvalue weighted by Crippen LogP contribution is 2.23. The van der Waals surface area contributed by atoms with Gasteiger partial charge in [0.2, 0.25) is 5.02 Å². The smallest absolute Gasteiger partial charge is 0.206 e. The van der Waals surface area contributed by atoms with Gasteiger partial charge in [-0.05, 0) is 6.42 Å². The van der Waals surface area contributed by atoms with Crippen molar-refractivity contribution in [1.29, 1.82) is 0 Å². The van der Waals surface area contributed by atoms with Gasteiger partial charge < -0.3 is 9.47 Å². The lowest BCUT2D eigenvalue weighted by Crippen LogP contribution is -2.17. The van der Waals surface area contributed by atoms with Crippen LogP contribution in [0.2, 0.25) is 0 Å². The van der Waals surface area contributed by atoms with Crippen LogP contribution in [0.3, 0.4) is 0 Å². The van der Waals surface area contributed by atoms with Gasteiger partial charge in [-0.15, -0.1) is 0 Å². The van der Waals surface area contributed by atoms with Crippen LogP contribution >= 0.6 is 23.2 Å². The Kier molecular flexibility index (Phi) is 9.48. The van der Waals surface area contributed by atoms with E-state index < -0.39 is 5.02 Å². The first-order valence-corrected chi connectivity index (χ1v) is 8.15. The summed E-state index contributed by atoms with van der Waals surface area (Å²) in [6.45, 7) is 3.11. The molecule has 2 nitrogen and oxygen atoms in total. The van der Waals surface area contributed by atoms with Crippen molar-refractivity contribution in [3.63, 3.8) is 0 Å². The van der Waals surface area contributed by atoms with Crippen LogP contribution in [0.4, 0.5) is 0 Å². The Morgan fingerprint density at radius 2 is 1.72 bits per heavy atom. The van der Waals surface area contributed by atoms with Gasteiger partial charge in [0, 0.05) is 6.42 Å². The van der Waals surface area contributed by atoms with Crippen molar-refractivity contribution in [2.45, 2.75) is 81.9 Å². The minimum atomic E-state index is -0.710. The van der Waals surface area contributed by atoms with E-state index in [-0.39, 0.29) is 6.10 Å². The molecule has 0 aromatic carbocycles. The fourth-order valence-corrected chi connectivity index (χ4v) is 2.50. The zero-order valence-corrected chi connectivity index (χ0v) is 12.9. The summed E-state index contributed by atoms with van der Waals surface area (Å²) in [7, 11) is 0. The number of ether oxygens (including phenoxy) is 2. The molecular weight excluding hydrogens is 271 g/mol. The van der Waals surface area contributed by atoms with Crippen LogP contribution in [-0.2, 0) is 9.47 Å². The molecule has 0 N–H and O–H groups in total. The fourth-order valence-electron chi connectivity index (χ4n) is 2.21. The second-order valence-electron chi connectivity index (χ2n) is 5.12. The molecular formula is C14H26Cl2O2. The van der Waals surface area contributed by atoms with Crippen LogP contribution in [-0.4, -0.2) is 23.8 Å². The molecule has 18 heavy (non-hydrogen) atoms. The third-order valence-corrected chi connectivity index (χ3v) is 3.56. The standard InChI is InChI=1S/C14H26Cl2O2/c1-2-3-4-5-6-7-8-9-12(18-14(15)16)10-13-11-17-13/h12-14H,2-11H2,1H3. The van der Waals surface area contributed by atoms with Crippen molar-refractivity contribution < 1.29 is 9.47 Å². The number of halogens is 2. The lowest BCUT2D eigenvalue weighted by molar-refractivity contribution is 0.0475. The van der Waals surface area contributed by atoms with Crippen LogP contribution in [0.25, 0.3) is 0 Å². The van der Waals surface area contributed by atoms with E-state index in [0.29, 0.717) is 6.10 Å². The zero-order valence-electron chi connectivity index (χ0n) is 11.4. The Bertz CT molecular complexity index is 192. The van der Waals surface area contributed by atoms with E-state index in [9.17, 15) is 0 Å². The molecule has 4 heteroatoms. The number of alkyl halides is 2. The first-order chi connectivity index (χ1) is 8.72. The molecule has 0 aromatic rings. The van der Waals surface area contributed by atoms with E-state index in [1.807, 2.05) is 0 Å². The summed E-state index contributed by atoms with van der Waals surface area (Å²) in [5, 5.41) is -0.710. The molecule has 1 saturated heterocycles. The lowest BCUT2D eigenvalue weighted by Gasteiger charge is -2.17. The Hall–Kier alpha value is 0.500. The molecule has 0 radical (unpaired) electrons. The summed E-state index contributed by atoms with van der Waals surface area (Å²) in [5.41, 5.74) is 0.